The van der Waals surface area contributed by atoms with Crippen LogP contribution in [0.15, 0.2) is 18.2 Å². The predicted octanol–water partition coefficient (Wildman–Crippen LogP) is 1.73. The largest absolute Gasteiger partial charge is 0.370 e. The second-order valence-electron chi connectivity index (χ2n) is 5.05. The van der Waals surface area contributed by atoms with Crippen LogP contribution in [0, 0.1) is 0 Å². The molecule has 1 aromatic heterocycles. The van der Waals surface area contributed by atoms with E-state index in [2.05, 4.69) is 15.6 Å². The van der Waals surface area contributed by atoms with Crippen molar-refractivity contribution in [3.63, 3.8) is 0 Å². The van der Waals surface area contributed by atoms with Gasteiger partial charge in [0.2, 0.25) is 0 Å². The first kappa shape index (κ1) is 14.3. The van der Waals surface area contributed by atoms with Gasteiger partial charge in [0.1, 0.15) is 11.4 Å². The lowest BCUT2D eigenvalue weighted by Gasteiger charge is -2.19. The van der Waals surface area contributed by atoms with Gasteiger partial charge < -0.3 is 10.6 Å². The maximum atomic E-state index is 12.3. The lowest BCUT2D eigenvalue weighted by Crippen LogP contribution is -2.43. The lowest BCUT2D eigenvalue weighted by atomic mass is 9.99. The lowest BCUT2D eigenvalue weighted by molar-refractivity contribution is -0.131. The average Bonchev–Trinajstić information content (AvgIpc) is 2.64. The van der Waals surface area contributed by atoms with E-state index in [0.29, 0.717) is 12.1 Å². The van der Waals surface area contributed by atoms with E-state index in [4.69, 9.17) is 0 Å². The third kappa shape index (κ3) is 2.59. The van der Waals surface area contributed by atoms with Gasteiger partial charge in [-0.15, -0.1) is 0 Å². The smallest absolute Gasteiger partial charge is 0.325 e. The van der Waals surface area contributed by atoms with Gasteiger partial charge in [-0.2, -0.15) is 0 Å². The number of rotatable bonds is 5. The zero-order valence-electron chi connectivity index (χ0n) is 12.1. The average molecular weight is 276 g/mol. The summed E-state index contributed by atoms with van der Waals surface area (Å²) in [5, 5.41) is 5.84. The normalized spacial score (nSPS) is 22.1. The van der Waals surface area contributed by atoms with Crippen molar-refractivity contribution >= 4 is 17.8 Å². The second-order valence-corrected chi connectivity index (χ2v) is 5.05. The summed E-state index contributed by atoms with van der Waals surface area (Å²) < 4.78 is 0. The number of carbonyl (C=O) groups is 2. The monoisotopic (exact) mass is 276 g/mol. The minimum Gasteiger partial charge on any atom is -0.370 e. The highest BCUT2D eigenvalue weighted by Gasteiger charge is 2.46. The van der Waals surface area contributed by atoms with Crippen LogP contribution < -0.4 is 10.6 Å². The van der Waals surface area contributed by atoms with Crippen LogP contribution in [0.1, 0.15) is 32.9 Å². The number of pyridine rings is 1. The molecule has 1 saturated heterocycles. The molecule has 1 aromatic rings. The summed E-state index contributed by atoms with van der Waals surface area (Å²) in [6, 6.07) is 5.17. The van der Waals surface area contributed by atoms with Crippen LogP contribution in [0.4, 0.5) is 10.6 Å². The summed E-state index contributed by atoms with van der Waals surface area (Å²) in [5.74, 6) is 0.552. The molecule has 1 aliphatic rings. The van der Waals surface area contributed by atoms with E-state index >= 15 is 0 Å². The van der Waals surface area contributed by atoms with Crippen molar-refractivity contribution in [2.24, 2.45) is 0 Å². The molecule has 1 unspecified atom stereocenters. The molecule has 0 bridgehead atoms. The fourth-order valence-electron chi connectivity index (χ4n) is 2.14. The zero-order chi connectivity index (χ0) is 14.8. The molecule has 0 saturated carbocycles. The predicted molar refractivity (Wildman–Crippen MR) is 76.2 cm³/mol. The number of amides is 3. The Morgan fingerprint density at radius 3 is 2.70 bits per heavy atom. The summed E-state index contributed by atoms with van der Waals surface area (Å²) >= 11 is 0. The number of hydrogen-bond donors (Lipinski definition) is 2. The van der Waals surface area contributed by atoms with Crippen LogP contribution in [0.5, 0.6) is 0 Å². The van der Waals surface area contributed by atoms with Gasteiger partial charge in [-0.3, -0.25) is 9.69 Å². The number of nitrogens with zero attached hydrogens (tertiary/aromatic N) is 2. The number of anilines is 1. The van der Waals surface area contributed by atoms with E-state index in [9.17, 15) is 9.59 Å². The van der Waals surface area contributed by atoms with Gasteiger partial charge in [0.05, 0.1) is 12.2 Å². The molecule has 0 spiro atoms. The third-order valence-corrected chi connectivity index (χ3v) is 3.54. The number of hydrogen-bond acceptors (Lipinski definition) is 4. The van der Waals surface area contributed by atoms with Crippen LogP contribution in [0.2, 0.25) is 0 Å². The highest BCUT2D eigenvalue weighted by molar-refractivity contribution is 6.06. The van der Waals surface area contributed by atoms with Crippen LogP contribution in [0.25, 0.3) is 0 Å². The van der Waals surface area contributed by atoms with Crippen LogP contribution in [-0.4, -0.2) is 33.9 Å². The summed E-state index contributed by atoms with van der Waals surface area (Å²) in [5.41, 5.74) is -0.108. The Labute approximate surface area is 118 Å². The number of imide groups is 1. The number of carbonyl (C=O) groups excluding carboxylic acids is 2. The van der Waals surface area contributed by atoms with E-state index in [0.717, 1.165) is 12.4 Å². The van der Waals surface area contributed by atoms with Gasteiger partial charge in [0.25, 0.3) is 5.91 Å². The second kappa shape index (κ2) is 5.48. The van der Waals surface area contributed by atoms with E-state index in [-0.39, 0.29) is 18.5 Å². The molecule has 20 heavy (non-hydrogen) atoms. The fourth-order valence-corrected chi connectivity index (χ4v) is 2.14. The molecule has 1 atom stereocenters. The minimum absolute atomic E-state index is 0.194. The van der Waals surface area contributed by atoms with Crippen molar-refractivity contribution in [2.75, 3.05) is 11.9 Å². The van der Waals surface area contributed by atoms with Gasteiger partial charge in [-0.25, -0.2) is 9.78 Å². The van der Waals surface area contributed by atoms with E-state index in [1.807, 2.05) is 32.0 Å². The Hall–Kier alpha value is -2.11. The Bertz CT molecular complexity index is 532. The van der Waals surface area contributed by atoms with Crippen molar-refractivity contribution < 1.29 is 9.59 Å². The summed E-state index contributed by atoms with van der Waals surface area (Å²) in [7, 11) is 0. The highest BCUT2D eigenvalue weighted by atomic mass is 16.2. The van der Waals surface area contributed by atoms with Gasteiger partial charge >= 0.3 is 6.03 Å². The molecule has 6 nitrogen and oxygen atoms in total. The number of aromatic nitrogens is 1. The maximum Gasteiger partial charge on any atom is 0.325 e. The fraction of sp³-hybridized carbons (Fsp3) is 0.500. The first-order valence-electron chi connectivity index (χ1n) is 6.84. The summed E-state index contributed by atoms with van der Waals surface area (Å²) in [6.45, 7) is 6.58. The zero-order valence-corrected chi connectivity index (χ0v) is 12.1. The molecule has 3 amide bonds. The first-order valence-corrected chi connectivity index (χ1v) is 6.84. The molecule has 0 radical (unpaired) electrons. The molecule has 2 N–H and O–H groups in total. The van der Waals surface area contributed by atoms with Gasteiger partial charge in [-0.05, 0) is 32.4 Å². The summed E-state index contributed by atoms with van der Waals surface area (Å²) in [4.78, 5) is 29.8. The maximum absolute atomic E-state index is 12.3. The van der Waals surface area contributed by atoms with E-state index < -0.39 is 5.54 Å². The first-order chi connectivity index (χ1) is 9.50. The molecule has 1 aliphatic heterocycles. The Morgan fingerprint density at radius 2 is 2.10 bits per heavy atom. The Kier molecular flexibility index (Phi) is 3.92. The SMILES string of the molecule is CCNc1cccc(CN2C(=O)NC(C)(CC)C2=O)n1. The van der Waals surface area contributed by atoms with Crippen molar-refractivity contribution in [2.45, 2.75) is 39.3 Å². The van der Waals surface area contributed by atoms with E-state index in [1.54, 1.807) is 6.92 Å². The molecular weight excluding hydrogens is 256 g/mol. The van der Waals surface area contributed by atoms with Crippen molar-refractivity contribution in [1.29, 1.82) is 0 Å². The number of nitrogens with one attached hydrogen (secondary N) is 2. The van der Waals surface area contributed by atoms with Gasteiger partial charge in [0.15, 0.2) is 0 Å². The molecule has 0 aliphatic carbocycles. The van der Waals surface area contributed by atoms with Crippen LogP contribution in [-0.2, 0) is 11.3 Å². The molecular formula is C14H20N4O2. The Morgan fingerprint density at radius 1 is 1.35 bits per heavy atom. The van der Waals surface area contributed by atoms with Crippen molar-refractivity contribution in [1.82, 2.24) is 15.2 Å². The van der Waals surface area contributed by atoms with Gasteiger partial charge in [-0.1, -0.05) is 13.0 Å². The minimum atomic E-state index is -0.795. The van der Waals surface area contributed by atoms with Gasteiger partial charge in [0, 0.05) is 6.54 Å². The summed E-state index contributed by atoms with van der Waals surface area (Å²) in [6.07, 6.45) is 0.568. The Balaban J connectivity index is 2.16. The third-order valence-electron chi connectivity index (χ3n) is 3.54. The van der Waals surface area contributed by atoms with Crippen molar-refractivity contribution in [3.05, 3.63) is 23.9 Å². The quantitative estimate of drug-likeness (QED) is 0.803. The standard InChI is InChI=1S/C14H20N4O2/c1-4-14(3)12(19)18(13(20)17-14)9-10-7-6-8-11(16-10)15-5-2/h6-8H,4-5,9H2,1-3H3,(H,15,16)(H,17,20). The van der Waals surface area contributed by atoms with E-state index in [1.165, 1.54) is 4.90 Å². The van der Waals surface area contributed by atoms with Crippen molar-refractivity contribution in [3.8, 4) is 0 Å². The molecule has 2 heterocycles. The molecule has 0 aromatic carbocycles. The number of urea groups is 1. The van der Waals surface area contributed by atoms with Crippen LogP contribution >= 0.6 is 0 Å². The molecule has 108 valence electrons. The molecule has 2 rings (SSSR count). The molecule has 6 heteroatoms. The molecule has 1 fully saturated rings. The van der Waals surface area contributed by atoms with Crippen LogP contribution in [0.3, 0.4) is 0 Å². The highest BCUT2D eigenvalue weighted by Crippen LogP contribution is 2.22. The topological polar surface area (TPSA) is 74.3 Å².